The first-order chi connectivity index (χ1) is 6.63. The van der Waals surface area contributed by atoms with Gasteiger partial charge in [-0.3, -0.25) is 4.79 Å². The van der Waals surface area contributed by atoms with Gasteiger partial charge in [0.25, 0.3) is 0 Å². The van der Waals surface area contributed by atoms with Crippen LogP contribution in [0.15, 0.2) is 24.3 Å². The number of hydrogen-bond donors (Lipinski definition) is 2. The van der Waals surface area contributed by atoms with Crippen LogP contribution in [0.3, 0.4) is 0 Å². The van der Waals surface area contributed by atoms with Crippen molar-refractivity contribution in [2.75, 3.05) is 6.61 Å². The van der Waals surface area contributed by atoms with E-state index in [1.807, 2.05) is 18.2 Å². The number of hydrogen-bond acceptors (Lipinski definition) is 3. The fourth-order valence-corrected chi connectivity index (χ4v) is 1.28. The molecule has 0 saturated heterocycles. The summed E-state index contributed by atoms with van der Waals surface area (Å²) in [6, 6.07) is 7.07. The third kappa shape index (κ3) is 2.94. The van der Waals surface area contributed by atoms with Crippen molar-refractivity contribution in [3.8, 4) is 0 Å². The van der Waals surface area contributed by atoms with Crippen LogP contribution in [0.5, 0.6) is 0 Å². The smallest absolute Gasteiger partial charge is 0.159 e. The maximum absolute atomic E-state index is 11.1. The highest BCUT2D eigenvalue weighted by molar-refractivity contribution is 5.94. The van der Waals surface area contributed by atoms with Crippen molar-refractivity contribution in [1.29, 1.82) is 0 Å². The van der Waals surface area contributed by atoms with Crippen LogP contribution in [0, 0.1) is 0 Å². The molecule has 0 heterocycles. The van der Waals surface area contributed by atoms with Crippen LogP contribution in [0.4, 0.5) is 0 Å². The molecule has 3 heteroatoms. The van der Waals surface area contributed by atoms with Crippen LogP contribution in [-0.4, -0.2) is 23.5 Å². The minimum Gasteiger partial charge on any atom is -0.395 e. The van der Waals surface area contributed by atoms with Gasteiger partial charge in [-0.25, -0.2) is 0 Å². The third-order valence-corrected chi connectivity index (χ3v) is 2.07. The first-order valence-corrected chi connectivity index (χ1v) is 4.60. The number of carbonyl (C=O) groups is 1. The van der Waals surface area contributed by atoms with Gasteiger partial charge in [-0.05, 0) is 25.0 Å². The number of nitrogens with two attached hydrogens (primary N) is 1. The zero-order valence-corrected chi connectivity index (χ0v) is 8.23. The summed E-state index contributed by atoms with van der Waals surface area (Å²) in [4.78, 5) is 11.1. The van der Waals surface area contributed by atoms with Gasteiger partial charge >= 0.3 is 0 Å². The van der Waals surface area contributed by atoms with Crippen LogP contribution in [0.1, 0.15) is 22.8 Å². The Balaban J connectivity index is 2.78. The van der Waals surface area contributed by atoms with E-state index in [-0.39, 0.29) is 18.4 Å². The van der Waals surface area contributed by atoms with Crippen molar-refractivity contribution in [3.05, 3.63) is 35.4 Å². The summed E-state index contributed by atoms with van der Waals surface area (Å²) in [6.07, 6.45) is 0.595. The largest absolute Gasteiger partial charge is 0.395 e. The lowest BCUT2D eigenvalue weighted by Crippen LogP contribution is -2.26. The molecule has 0 aromatic heterocycles. The van der Waals surface area contributed by atoms with Gasteiger partial charge in [-0.1, -0.05) is 18.2 Å². The number of carbonyl (C=O) groups excluding carboxylic acids is 1. The van der Waals surface area contributed by atoms with Gasteiger partial charge < -0.3 is 10.8 Å². The molecule has 0 saturated carbocycles. The number of aliphatic hydroxyl groups is 1. The van der Waals surface area contributed by atoms with E-state index in [0.29, 0.717) is 12.0 Å². The zero-order chi connectivity index (χ0) is 10.6. The molecule has 1 aromatic carbocycles. The molecule has 0 aliphatic heterocycles. The lowest BCUT2D eigenvalue weighted by atomic mass is 10.0. The highest BCUT2D eigenvalue weighted by Crippen LogP contribution is 2.07. The van der Waals surface area contributed by atoms with Crippen LogP contribution in [0.25, 0.3) is 0 Å². The van der Waals surface area contributed by atoms with Crippen LogP contribution >= 0.6 is 0 Å². The Hall–Kier alpha value is -1.19. The highest BCUT2D eigenvalue weighted by atomic mass is 16.3. The minimum atomic E-state index is -0.253. The predicted molar refractivity (Wildman–Crippen MR) is 55.2 cm³/mol. The van der Waals surface area contributed by atoms with Gasteiger partial charge in [0.05, 0.1) is 6.61 Å². The second-order valence-electron chi connectivity index (χ2n) is 3.40. The summed E-state index contributed by atoms with van der Waals surface area (Å²) in [5.41, 5.74) is 7.27. The fourth-order valence-electron chi connectivity index (χ4n) is 1.28. The summed E-state index contributed by atoms with van der Waals surface area (Å²) in [7, 11) is 0. The molecule has 14 heavy (non-hydrogen) atoms. The van der Waals surface area contributed by atoms with E-state index in [1.165, 1.54) is 6.92 Å². The quantitative estimate of drug-likeness (QED) is 0.694. The molecular formula is C11H15NO2. The van der Waals surface area contributed by atoms with Gasteiger partial charge in [-0.15, -0.1) is 0 Å². The average Bonchev–Trinajstić information content (AvgIpc) is 2.18. The summed E-state index contributed by atoms with van der Waals surface area (Å²) < 4.78 is 0. The Morgan fingerprint density at radius 1 is 1.57 bits per heavy atom. The Bertz CT molecular complexity index is 323. The molecule has 0 spiro atoms. The number of ketones is 1. The molecule has 0 fully saturated rings. The van der Waals surface area contributed by atoms with E-state index in [1.54, 1.807) is 6.07 Å². The second-order valence-corrected chi connectivity index (χ2v) is 3.40. The average molecular weight is 193 g/mol. The summed E-state index contributed by atoms with van der Waals surface area (Å²) >= 11 is 0. The highest BCUT2D eigenvalue weighted by Gasteiger charge is 2.04. The van der Waals surface area contributed by atoms with Gasteiger partial charge in [0.15, 0.2) is 5.78 Å². The van der Waals surface area contributed by atoms with Gasteiger partial charge in [0.1, 0.15) is 0 Å². The van der Waals surface area contributed by atoms with Gasteiger partial charge in [0.2, 0.25) is 0 Å². The fraction of sp³-hybridized carbons (Fsp3) is 0.364. The first-order valence-electron chi connectivity index (χ1n) is 4.60. The molecule has 3 nitrogen and oxygen atoms in total. The van der Waals surface area contributed by atoms with Crippen LogP contribution < -0.4 is 5.73 Å². The molecular weight excluding hydrogens is 178 g/mol. The molecule has 1 rings (SSSR count). The standard InChI is InChI=1S/C11H15NO2/c1-8(14)10-4-2-3-9(5-10)6-11(12)7-13/h2-5,11,13H,6-7,12H2,1H3. The second kappa shape index (κ2) is 4.88. The molecule has 0 amide bonds. The molecule has 1 atom stereocenters. The lowest BCUT2D eigenvalue weighted by Gasteiger charge is -2.08. The molecule has 0 radical (unpaired) electrons. The SMILES string of the molecule is CC(=O)c1cccc(CC(N)CO)c1. The summed E-state index contributed by atoms with van der Waals surface area (Å²) in [5.74, 6) is 0.0458. The van der Waals surface area contributed by atoms with E-state index in [0.717, 1.165) is 5.56 Å². The van der Waals surface area contributed by atoms with Crippen molar-refractivity contribution in [2.24, 2.45) is 5.73 Å². The summed E-state index contributed by atoms with van der Waals surface area (Å²) in [5, 5.41) is 8.78. The van der Waals surface area contributed by atoms with Crippen molar-refractivity contribution < 1.29 is 9.90 Å². The number of Topliss-reactive ketones (excluding diaryl/α,β-unsaturated/α-hetero) is 1. The maximum Gasteiger partial charge on any atom is 0.159 e. The van der Waals surface area contributed by atoms with Gasteiger partial charge in [-0.2, -0.15) is 0 Å². The van der Waals surface area contributed by atoms with Crippen molar-refractivity contribution in [3.63, 3.8) is 0 Å². The van der Waals surface area contributed by atoms with E-state index in [9.17, 15) is 4.79 Å². The molecule has 0 aliphatic rings. The molecule has 1 aromatic rings. The topological polar surface area (TPSA) is 63.3 Å². The first kappa shape index (κ1) is 10.9. The Morgan fingerprint density at radius 2 is 2.29 bits per heavy atom. The normalized spacial score (nSPS) is 12.5. The molecule has 76 valence electrons. The third-order valence-electron chi connectivity index (χ3n) is 2.07. The molecule has 3 N–H and O–H groups in total. The maximum atomic E-state index is 11.1. The van der Waals surface area contributed by atoms with Crippen molar-refractivity contribution in [1.82, 2.24) is 0 Å². The van der Waals surface area contributed by atoms with Gasteiger partial charge in [0, 0.05) is 11.6 Å². The van der Waals surface area contributed by atoms with Crippen LogP contribution in [0.2, 0.25) is 0 Å². The van der Waals surface area contributed by atoms with E-state index >= 15 is 0 Å². The summed E-state index contributed by atoms with van der Waals surface area (Å²) in [6.45, 7) is 1.50. The number of rotatable bonds is 4. The Morgan fingerprint density at radius 3 is 2.86 bits per heavy atom. The number of benzene rings is 1. The lowest BCUT2D eigenvalue weighted by molar-refractivity contribution is 0.101. The molecule has 0 aliphatic carbocycles. The molecule has 1 unspecified atom stereocenters. The minimum absolute atomic E-state index is 0.0374. The van der Waals surface area contributed by atoms with Crippen molar-refractivity contribution in [2.45, 2.75) is 19.4 Å². The predicted octanol–water partition coefficient (Wildman–Crippen LogP) is 0.751. The van der Waals surface area contributed by atoms with Crippen LogP contribution in [-0.2, 0) is 6.42 Å². The van der Waals surface area contributed by atoms with Crippen molar-refractivity contribution >= 4 is 5.78 Å². The monoisotopic (exact) mass is 193 g/mol. The van der Waals surface area contributed by atoms with E-state index < -0.39 is 0 Å². The Kier molecular flexibility index (Phi) is 3.80. The Labute approximate surface area is 83.6 Å². The van der Waals surface area contributed by atoms with E-state index in [4.69, 9.17) is 10.8 Å². The number of aliphatic hydroxyl groups excluding tert-OH is 1. The zero-order valence-electron chi connectivity index (χ0n) is 8.23. The molecule has 0 bridgehead atoms. The van der Waals surface area contributed by atoms with E-state index in [2.05, 4.69) is 0 Å².